The first kappa shape index (κ1) is 28.2. The molecule has 0 aliphatic carbocycles. The summed E-state index contributed by atoms with van der Waals surface area (Å²) in [6, 6.07) is 0. The van der Waals surface area contributed by atoms with Gasteiger partial charge in [-0.25, -0.2) is 0 Å². The molecule has 0 aromatic heterocycles. The standard InChI is InChI=1S/C20H39N3O7/c1-3-5-7-21-19(25)16-29-14-13-28-11-9-23-20(26)17-30-15-12-27-10-8-22-18(24)6-4-2/h3-17H2,1-2H3,(H,21,25)(H,22,24)(H,23,26). The highest BCUT2D eigenvalue weighted by atomic mass is 16.5. The fourth-order valence-corrected chi connectivity index (χ4v) is 2.12. The molecule has 0 aliphatic rings. The number of carbonyl (C=O) groups excluding carboxylic acids is 3. The second-order valence-corrected chi connectivity index (χ2v) is 6.48. The summed E-state index contributed by atoms with van der Waals surface area (Å²) in [5, 5.41) is 8.18. The van der Waals surface area contributed by atoms with Gasteiger partial charge >= 0.3 is 0 Å². The van der Waals surface area contributed by atoms with Crippen molar-refractivity contribution in [3.63, 3.8) is 0 Å². The monoisotopic (exact) mass is 433 g/mol. The molecular weight excluding hydrogens is 394 g/mol. The van der Waals surface area contributed by atoms with Crippen LogP contribution in [0.1, 0.15) is 39.5 Å². The fraction of sp³-hybridized carbons (Fsp3) is 0.850. The molecule has 0 radical (unpaired) electrons. The second kappa shape index (κ2) is 21.9. The summed E-state index contributed by atoms with van der Waals surface area (Å²) in [6.45, 7) is 7.59. The predicted molar refractivity (Wildman–Crippen MR) is 112 cm³/mol. The van der Waals surface area contributed by atoms with Crippen LogP contribution in [-0.4, -0.2) is 90.2 Å². The zero-order valence-corrected chi connectivity index (χ0v) is 18.5. The molecule has 0 aromatic carbocycles. The van der Waals surface area contributed by atoms with Crippen molar-refractivity contribution in [2.24, 2.45) is 0 Å². The van der Waals surface area contributed by atoms with Crippen LogP contribution >= 0.6 is 0 Å². The van der Waals surface area contributed by atoms with E-state index in [1.165, 1.54) is 0 Å². The molecule has 0 bridgehead atoms. The third-order valence-electron chi connectivity index (χ3n) is 3.68. The second-order valence-electron chi connectivity index (χ2n) is 6.48. The van der Waals surface area contributed by atoms with Crippen LogP contribution in [0.4, 0.5) is 0 Å². The first-order valence-corrected chi connectivity index (χ1v) is 10.7. The highest BCUT2D eigenvalue weighted by Gasteiger charge is 2.02. The Morgan fingerprint density at radius 2 is 1.03 bits per heavy atom. The molecule has 176 valence electrons. The summed E-state index contributed by atoms with van der Waals surface area (Å²) >= 11 is 0. The Labute approximate surface area is 179 Å². The molecule has 10 nitrogen and oxygen atoms in total. The van der Waals surface area contributed by atoms with Crippen molar-refractivity contribution in [1.82, 2.24) is 16.0 Å². The van der Waals surface area contributed by atoms with Crippen LogP contribution in [0.15, 0.2) is 0 Å². The summed E-state index contributed by atoms with van der Waals surface area (Å²) in [7, 11) is 0. The number of hydrogen-bond acceptors (Lipinski definition) is 7. The molecule has 0 heterocycles. The molecule has 3 N–H and O–H groups in total. The first-order chi connectivity index (χ1) is 14.6. The minimum atomic E-state index is -0.231. The number of nitrogens with one attached hydrogen (secondary N) is 3. The van der Waals surface area contributed by atoms with Gasteiger partial charge in [-0.05, 0) is 12.8 Å². The van der Waals surface area contributed by atoms with E-state index in [0.717, 1.165) is 19.3 Å². The molecule has 0 spiro atoms. The van der Waals surface area contributed by atoms with Crippen LogP contribution in [0.25, 0.3) is 0 Å². The zero-order chi connectivity index (χ0) is 22.3. The number of hydrogen-bond donors (Lipinski definition) is 3. The molecule has 0 aromatic rings. The molecule has 0 unspecified atom stereocenters. The van der Waals surface area contributed by atoms with Crippen LogP contribution in [0.3, 0.4) is 0 Å². The highest BCUT2D eigenvalue weighted by molar-refractivity contribution is 5.77. The van der Waals surface area contributed by atoms with Crippen molar-refractivity contribution in [2.75, 3.05) is 72.5 Å². The van der Waals surface area contributed by atoms with Gasteiger partial charge < -0.3 is 34.9 Å². The van der Waals surface area contributed by atoms with Crippen molar-refractivity contribution < 1.29 is 33.3 Å². The molecule has 0 aliphatic heterocycles. The lowest BCUT2D eigenvalue weighted by Gasteiger charge is -2.09. The molecular formula is C20H39N3O7. The van der Waals surface area contributed by atoms with Gasteiger partial charge in [-0.2, -0.15) is 0 Å². The van der Waals surface area contributed by atoms with Crippen molar-refractivity contribution in [1.29, 1.82) is 0 Å². The average Bonchev–Trinajstić information content (AvgIpc) is 2.72. The largest absolute Gasteiger partial charge is 0.377 e. The summed E-state index contributed by atoms with van der Waals surface area (Å²) < 4.78 is 21.0. The van der Waals surface area contributed by atoms with Crippen LogP contribution in [-0.2, 0) is 33.3 Å². The number of ether oxygens (including phenoxy) is 4. The number of carbonyl (C=O) groups is 3. The summed E-state index contributed by atoms with van der Waals surface area (Å²) in [6.07, 6.45) is 3.34. The zero-order valence-electron chi connectivity index (χ0n) is 18.5. The fourth-order valence-electron chi connectivity index (χ4n) is 2.12. The minimum Gasteiger partial charge on any atom is -0.377 e. The van der Waals surface area contributed by atoms with Crippen LogP contribution in [0.2, 0.25) is 0 Å². The first-order valence-electron chi connectivity index (χ1n) is 10.7. The highest BCUT2D eigenvalue weighted by Crippen LogP contribution is 1.86. The van der Waals surface area contributed by atoms with E-state index in [4.69, 9.17) is 18.9 Å². The Morgan fingerprint density at radius 1 is 0.567 bits per heavy atom. The Balaban J connectivity index is 3.29. The molecule has 0 saturated heterocycles. The summed E-state index contributed by atoms with van der Waals surface area (Å²) in [4.78, 5) is 34.2. The van der Waals surface area contributed by atoms with E-state index < -0.39 is 0 Å². The minimum absolute atomic E-state index is 0.0238. The number of rotatable bonds is 21. The van der Waals surface area contributed by atoms with Gasteiger partial charge in [0.1, 0.15) is 13.2 Å². The van der Waals surface area contributed by atoms with Gasteiger partial charge in [0.25, 0.3) is 0 Å². The van der Waals surface area contributed by atoms with Gasteiger partial charge in [-0.1, -0.05) is 20.3 Å². The normalized spacial score (nSPS) is 10.6. The predicted octanol–water partition coefficient (Wildman–Crippen LogP) is 0.00160. The maximum atomic E-state index is 11.6. The Kier molecular flexibility index (Phi) is 20.7. The average molecular weight is 434 g/mol. The van der Waals surface area contributed by atoms with Gasteiger partial charge in [0.2, 0.25) is 17.7 Å². The third-order valence-corrected chi connectivity index (χ3v) is 3.68. The lowest BCUT2D eigenvalue weighted by molar-refractivity contribution is -0.127. The van der Waals surface area contributed by atoms with Gasteiger partial charge in [0, 0.05) is 26.1 Å². The maximum Gasteiger partial charge on any atom is 0.246 e. The van der Waals surface area contributed by atoms with E-state index in [0.29, 0.717) is 65.7 Å². The number of unbranched alkanes of at least 4 members (excludes halogenated alkanes) is 1. The van der Waals surface area contributed by atoms with Crippen molar-refractivity contribution >= 4 is 17.7 Å². The van der Waals surface area contributed by atoms with Crippen LogP contribution < -0.4 is 16.0 Å². The van der Waals surface area contributed by atoms with Crippen molar-refractivity contribution in [2.45, 2.75) is 39.5 Å². The van der Waals surface area contributed by atoms with E-state index in [1.807, 2.05) is 6.92 Å². The summed E-state index contributed by atoms with van der Waals surface area (Å²) in [5.41, 5.74) is 0. The third kappa shape index (κ3) is 21.0. The maximum absolute atomic E-state index is 11.6. The van der Waals surface area contributed by atoms with Gasteiger partial charge in [-0.15, -0.1) is 0 Å². The molecule has 10 heteroatoms. The smallest absolute Gasteiger partial charge is 0.246 e. The Bertz CT molecular complexity index is 450. The Morgan fingerprint density at radius 3 is 1.53 bits per heavy atom. The van der Waals surface area contributed by atoms with Crippen molar-refractivity contribution in [3.05, 3.63) is 0 Å². The van der Waals surface area contributed by atoms with E-state index in [-0.39, 0.29) is 30.9 Å². The van der Waals surface area contributed by atoms with E-state index in [2.05, 4.69) is 22.9 Å². The molecule has 0 atom stereocenters. The van der Waals surface area contributed by atoms with E-state index >= 15 is 0 Å². The van der Waals surface area contributed by atoms with E-state index in [9.17, 15) is 14.4 Å². The molecule has 3 amide bonds. The quantitative estimate of drug-likeness (QED) is 0.218. The van der Waals surface area contributed by atoms with Gasteiger partial charge in [-0.3, -0.25) is 14.4 Å². The number of amides is 3. The molecule has 0 fully saturated rings. The molecule has 0 saturated carbocycles. The van der Waals surface area contributed by atoms with Crippen LogP contribution in [0, 0.1) is 0 Å². The topological polar surface area (TPSA) is 124 Å². The Hall–Kier alpha value is -1.75. The van der Waals surface area contributed by atoms with Gasteiger partial charge in [0.15, 0.2) is 0 Å². The summed E-state index contributed by atoms with van der Waals surface area (Å²) in [5.74, 6) is -0.332. The van der Waals surface area contributed by atoms with Crippen molar-refractivity contribution in [3.8, 4) is 0 Å². The molecule has 30 heavy (non-hydrogen) atoms. The lowest BCUT2D eigenvalue weighted by atomic mass is 10.3. The van der Waals surface area contributed by atoms with Crippen LogP contribution in [0.5, 0.6) is 0 Å². The van der Waals surface area contributed by atoms with E-state index in [1.54, 1.807) is 0 Å². The lowest BCUT2D eigenvalue weighted by Crippen LogP contribution is -2.31. The van der Waals surface area contributed by atoms with Gasteiger partial charge in [0.05, 0.1) is 39.6 Å². The SMILES string of the molecule is CCCCNC(=O)COCCOCCNC(=O)COCCOCCNC(=O)CCC. The molecule has 0 rings (SSSR count).